The first-order valence-corrected chi connectivity index (χ1v) is 8.76. The van der Waals surface area contributed by atoms with E-state index in [1.165, 1.54) is 0 Å². The zero-order chi connectivity index (χ0) is 17.7. The van der Waals surface area contributed by atoms with Crippen molar-refractivity contribution < 1.29 is 23.9 Å². The van der Waals surface area contributed by atoms with Gasteiger partial charge in [0, 0.05) is 11.6 Å². The Morgan fingerprint density at radius 1 is 1.20 bits per heavy atom. The van der Waals surface area contributed by atoms with Gasteiger partial charge in [-0.3, -0.25) is 9.59 Å². The number of fused-ring (bicyclic) bond motifs is 1. The summed E-state index contributed by atoms with van der Waals surface area (Å²) in [7, 11) is 0. The summed E-state index contributed by atoms with van der Waals surface area (Å²) in [6, 6.07) is 6.61. The number of amides is 1. The van der Waals surface area contributed by atoms with Crippen molar-refractivity contribution in [2.45, 2.75) is 38.9 Å². The van der Waals surface area contributed by atoms with Gasteiger partial charge in [-0.1, -0.05) is 0 Å². The summed E-state index contributed by atoms with van der Waals surface area (Å²) in [6.07, 6.45) is 1.54. The monoisotopic (exact) mass is 343 g/mol. The van der Waals surface area contributed by atoms with Crippen molar-refractivity contribution in [2.24, 2.45) is 23.7 Å². The molecule has 4 rings (SSSR count). The van der Waals surface area contributed by atoms with Gasteiger partial charge in [0.15, 0.2) is 0 Å². The standard InChI is InChI=1S/C19H21NO5/c1-9(2)24-18(22)10-3-5-12(6-4-10)20-17(21)15-11-7-13-14(8-11)25-19(23)16(13)15/h3-6,9,11,13-16H,7-8H2,1-2H3,(H,20,21)/t11-,13-,14-,15-,16-/m0/s1. The van der Waals surface area contributed by atoms with E-state index in [2.05, 4.69) is 5.32 Å². The number of hydrogen-bond donors (Lipinski definition) is 1. The molecule has 1 heterocycles. The molecule has 2 aliphatic carbocycles. The van der Waals surface area contributed by atoms with Crippen LogP contribution in [0.3, 0.4) is 0 Å². The van der Waals surface area contributed by atoms with Crippen LogP contribution >= 0.6 is 0 Å². The maximum absolute atomic E-state index is 12.7. The summed E-state index contributed by atoms with van der Waals surface area (Å²) < 4.78 is 10.5. The van der Waals surface area contributed by atoms with Crippen molar-refractivity contribution in [3.63, 3.8) is 0 Å². The average Bonchev–Trinajstić information content (AvgIpc) is 3.16. The SMILES string of the molecule is CC(C)OC(=O)c1ccc(NC(=O)[C@H]2[C@H]3C[C@@H]4[C@@H]2C(=O)O[C@H]4C3)cc1. The molecule has 6 nitrogen and oxygen atoms in total. The number of ether oxygens (including phenoxy) is 2. The summed E-state index contributed by atoms with van der Waals surface area (Å²) in [5, 5.41) is 2.88. The quantitative estimate of drug-likeness (QED) is 0.849. The van der Waals surface area contributed by atoms with E-state index in [4.69, 9.17) is 9.47 Å². The minimum atomic E-state index is -0.388. The van der Waals surface area contributed by atoms with E-state index in [9.17, 15) is 14.4 Å². The van der Waals surface area contributed by atoms with Gasteiger partial charge in [-0.05, 0) is 56.9 Å². The summed E-state index contributed by atoms with van der Waals surface area (Å²) in [5.74, 6) is -0.894. The molecule has 0 unspecified atom stereocenters. The lowest BCUT2D eigenvalue weighted by molar-refractivity contribution is -0.145. The van der Waals surface area contributed by atoms with E-state index in [0.29, 0.717) is 11.3 Å². The van der Waals surface area contributed by atoms with Crippen LogP contribution in [0.15, 0.2) is 24.3 Å². The summed E-state index contributed by atoms with van der Waals surface area (Å²) in [6.45, 7) is 3.58. The first-order chi connectivity index (χ1) is 11.9. The van der Waals surface area contributed by atoms with E-state index < -0.39 is 0 Å². The fourth-order valence-electron chi connectivity index (χ4n) is 4.56. The van der Waals surface area contributed by atoms with Crippen LogP contribution in [0.4, 0.5) is 5.69 Å². The van der Waals surface area contributed by atoms with Gasteiger partial charge in [0.2, 0.25) is 5.91 Å². The van der Waals surface area contributed by atoms with Crippen LogP contribution in [0.1, 0.15) is 37.0 Å². The molecule has 1 aromatic rings. The number of esters is 2. The van der Waals surface area contributed by atoms with Gasteiger partial charge in [0.05, 0.1) is 23.5 Å². The highest BCUT2D eigenvalue weighted by Gasteiger charge is 2.63. The first-order valence-electron chi connectivity index (χ1n) is 8.76. The third-order valence-corrected chi connectivity index (χ3v) is 5.52. The Bertz CT molecular complexity index is 724. The van der Waals surface area contributed by atoms with Crippen molar-refractivity contribution >= 4 is 23.5 Å². The molecule has 3 fully saturated rings. The Morgan fingerprint density at radius 3 is 2.60 bits per heavy atom. The molecule has 1 saturated heterocycles. The molecule has 2 saturated carbocycles. The van der Waals surface area contributed by atoms with Gasteiger partial charge >= 0.3 is 11.9 Å². The van der Waals surface area contributed by atoms with Gasteiger partial charge in [0.1, 0.15) is 6.10 Å². The molecule has 3 aliphatic rings. The van der Waals surface area contributed by atoms with E-state index in [1.807, 2.05) is 0 Å². The summed E-state index contributed by atoms with van der Waals surface area (Å²) >= 11 is 0. The van der Waals surface area contributed by atoms with Crippen LogP contribution < -0.4 is 5.32 Å². The van der Waals surface area contributed by atoms with Crippen molar-refractivity contribution in [1.82, 2.24) is 0 Å². The van der Waals surface area contributed by atoms with Gasteiger partial charge in [0.25, 0.3) is 0 Å². The third-order valence-electron chi connectivity index (χ3n) is 5.52. The van der Waals surface area contributed by atoms with E-state index >= 15 is 0 Å². The first kappa shape index (κ1) is 16.1. The Morgan fingerprint density at radius 2 is 1.92 bits per heavy atom. The minimum Gasteiger partial charge on any atom is -0.462 e. The summed E-state index contributed by atoms with van der Waals surface area (Å²) in [5.41, 5.74) is 1.05. The second-order valence-electron chi connectivity index (χ2n) is 7.44. The zero-order valence-corrected chi connectivity index (χ0v) is 14.2. The average molecular weight is 343 g/mol. The second-order valence-corrected chi connectivity index (χ2v) is 7.44. The molecule has 5 atom stereocenters. The number of rotatable bonds is 4. The van der Waals surface area contributed by atoms with Gasteiger partial charge in [-0.2, -0.15) is 0 Å². The number of carbonyl (C=O) groups is 3. The molecule has 1 amide bonds. The summed E-state index contributed by atoms with van der Waals surface area (Å²) in [4.78, 5) is 36.6. The second kappa shape index (κ2) is 5.86. The maximum atomic E-state index is 12.7. The lowest BCUT2D eigenvalue weighted by Crippen LogP contribution is -2.35. The maximum Gasteiger partial charge on any atom is 0.338 e. The van der Waals surface area contributed by atoms with E-state index in [0.717, 1.165) is 12.8 Å². The van der Waals surface area contributed by atoms with Crippen LogP contribution in [-0.2, 0) is 19.1 Å². The molecular weight excluding hydrogens is 322 g/mol. The molecule has 132 valence electrons. The lowest BCUT2D eigenvalue weighted by atomic mass is 9.79. The predicted molar refractivity (Wildman–Crippen MR) is 88.7 cm³/mol. The number of carbonyl (C=O) groups excluding carboxylic acids is 3. The van der Waals surface area contributed by atoms with Gasteiger partial charge in [-0.15, -0.1) is 0 Å². The number of anilines is 1. The smallest absolute Gasteiger partial charge is 0.338 e. The molecule has 6 heteroatoms. The van der Waals surface area contributed by atoms with E-state index in [-0.39, 0.29) is 53.7 Å². The number of hydrogen-bond acceptors (Lipinski definition) is 5. The topological polar surface area (TPSA) is 81.7 Å². The zero-order valence-electron chi connectivity index (χ0n) is 14.2. The van der Waals surface area contributed by atoms with Crippen LogP contribution in [0.5, 0.6) is 0 Å². The van der Waals surface area contributed by atoms with Crippen LogP contribution in [0.25, 0.3) is 0 Å². The van der Waals surface area contributed by atoms with Gasteiger partial charge in [-0.25, -0.2) is 4.79 Å². The van der Waals surface area contributed by atoms with Crippen molar-refractivity contribution in [3.8, 4) is 0 Å². The Hall–Kier alpha value is -2.37. The Kier molecular flexibility index (Phi) is 3.78. The molecule has 0 spiro atoms. The highest BCUT2D eigenvalue weighted by Crippen LogP contribution is 2.57. The third kappa shape index (κ3) is 2.69. The lowest BCUT2D eigenvalue weighted by Gasteiger charge is -2.23. The van der Waals surface area contributed by atoms with Crippen molar-refractivity contribution in [2.75, 3.05) is 5.32 Å². The Balaban J connectivity index is 1.43. The van der Waals surface area contributed by atoms with Gasteiger partial charge < -0.3 is 14.8 Å². The fraction of sp³-hybridized carbons (Fsp3) is 0.526. The van der Waals surface area contributed by atoms with E-state index in [1.54, 1.807) is 38.1 Å². The Labute approximate surface area is 145 Å². The van der Waals surface area contributed by atoms with Crippen LogP contribution in [0.2, 0.25) is 0 Å². The minimum absolute atomic E-state index is 0.0257. The normalized spacial score (nSPS) is 32.0. The molecule has 1 aromatic carbocycles. The molecule has 0 aromatic heterocycles. The van der Waals surface area contributed by atoms with Crippen molar-refractivity contribution in [3.05, 3.63) is 29.8 Å². The molecule has 0 radical (unpaired) electrons. The number of nitrogens with one attached hydrogen (secondary N) is 1. The van der Waals surface area contributed by atoms with Crippen molar-refractivity contribution in [1.29, 1.82) is 0 Å². The fourth-order valence-corrected chi connectivity index (χ4v) is 4.56. The predicted octanol–water partition coefficient (Wildman–Crippen LogP) is 2.39. The molecule has 2 bridgehead atoms. The van der Waals surface area contributed by atoms with Crippen LogP contribution in [-0.4, -0.2) is 30.1 Å². The molecule has 1 N–H and O–H groups in total. The number of benzene rings is 1. The molecule has 25 heavy (non-hydrogen) atoms. The highest BCUT2D eigenvalue weighted by atomic mass is 16.6. The largest absolute Gasteiger partial charge is 0.462 e. The highest BCUT2D eigenvalue weighted by molar-refractivity contribution is 5.97. The molecule has 1 aliphatic heterocycles. The molecular formula is C19H21NO5. The van der Waals surface area contributed by atoms with Crippen LogP contribution in [0, 0.1) is 23.7 Å².